The first-order chi connectivity index (χ1) is 12.7. The predicted octanol–water partition coefficient (Wildman–Crippen LogP) is 2.68. The summed E-state index contributed by atoms with van der Waals surface area (Å²) in [6, 6.07) is 13.7. The molecule has 1 fully saturated rings. The molecule has 0 saturated heterocycles. The third-order valence-electron chi connectivity index (χ3n) is 6.02. The van der Waals surface area contributed by atoms with E-state index in [1.807, 2.05) is 18.2 Å². The highest BCUT2D eigenvalue weighted by atomic mass is 16.5. The van der Waals surface area contributed by atoms with Crippen molar-refractivity contribution in [2.75, 3.05) is 13.7 Å². The maximum Gasteiger partial charge on any atom is 0.251 e. The first-order valence-electron chi connectivity index (χ1n) is 9.12. The van der Waals surface area contributed by atoms with Crippen LogP contribution in [0, 0.1) is 5.92 Å². The third-order valence-corrected chi connectivity index (χ3v) is 6.02. The van der Waals surface area contributed by atoms with Gasteiger partial charge in [-0.2, -0.15) is 0 Å². The van der Waals surface area contributed by atoms with Gasteiger partial charge in [0.2, 0.25) is 0 Å². The predicted molar refractivity (Wildman–Crippen MR) is 97.2 cm³/mol. The van der Waals surface area contributed by atoms with E-state index in [1.165, 1.54) is 17.5 Å². The van der Waals surface area contributed by atoms with Crippen LogP contribution in [0.3, 0.4) is 0 Å². The second kappa shape index (κ2) is 5.83. The Morgan fingerprint density at radius 1 is 1.19 bits per heavy atom. The van der Waals surface area contributed by atoms with E-state index in [0.29, 0.717) is 24.0 Å². The molecule has 5 atom stereocenters. The number of carbonyl (C=O) groups is 1. The summed E-state index contributed by atoms with van der Waals surface area (Å²) in [5.41, 5.74) is 10.4. The van der Waals surface area contributed by atoms with Crippen LogP contribution in [0.15, 0.2) is 42.5 Å². The van der Waals surface area contributed by atoms with E-state index in [4.69, 9.17) is 15.2 Å². The van der Waals surface area contributed by atoms with Gasteiger partial charge >= 0.3 is 0 Å². The number of hydrogen-bond acceptors (Lipinski definition) is 4. The smallest absolute Gasteiger partial charge is 0.251 e. The molecule has 26 heavy (non-hydrogen) atoms. The van der Waals surface area contributed by atoms with Crippen molar-refractivity contribution in [2.24, 2.45) is 11.7 Å². The van der Waals surface area contributed by atoms with Gasteiger partial charge in [-0.15, -0.1) is 0 Å². The van der Waals surface area contributed by atoms with Crippen molar-refractivity contribution >= 4 is 5.91 Å². The van der Waals surface area contributed by atoms with Gasteiger partial charge < -0.3 is 20.5 Å². The first-order valence-corrected chi connectivity index (χ1v) is 9.12. The van der Waals surface area contributed by atoms with Crippen LogP contribution in [0.4, 0.5) is 0 Å². The Bertz CT molecular complexity index is 881. The highest BCUT2D eigenvalue weighted by molar-refractivity contribution is 5.95. The molecule has 0 bridgehead atoms. The van der Waals surface area contributed by atoms with Crippen molar-refractivity contribution in [3.63, 3.8) is 0 Å². The number of benzene rings is 2. The summed E-state index contributed by atoms with van der Waals surface area (Å²) in [6.45, 7) is 0.429. The maximum absolute atomic E-state index is 12.9. The second-order valence-electron chi connectivity index (χ2n) is 7.45. The van der Waals surface area contributed by atoms with Crippen molar-refractivity contribution in [3.8, 4) is 5.75 Å². The molecule has 2 aromatic rings. The number of methoxy groups -OCH3 is 1. The highest BCUT2D eigenvalue weighted by Crippen LogP contribution is 2.61. The average molecular weight is 350 g/mol. The molecule has 0 radical (unpaired) electrons. The zero-order valence-corrected chi connectivity index (χ0v) is 14.6. The minimum absolute atomic E-state index is 0.0631. The van der Waals surface area contributed by atoms with Gasteiger partial charge in [-0.25, -0.2) is 0 Å². The van der Waals surface area contributed by atoms with Gasteiger partial charge in [-0.3, -0.25) is 4.79 Å². The van der Waals surface area contributed by atoms with Crippen LogP contribution in [0.1, 0.15) is 51.5 Å². The summed E-state index contributed by atoms with van der Waals surface area (Å²) in [5, 5.41) is 3.24. The Hall–Kier alpha value is -2.37. The van der Waals surface area contributed by atoms with Gasteiger partial charge in [0.1, 0.15) is 18.5 Å². The summed E-state index contributed by atoms with van der Waals surface area (Å²) in [7, 11) is 1.62. The van der Waals surface area contributed by atoms with Crippen LogP contribution in [0.5, 0.6) is 5.75 Å². The van der Waals surface area contributed by atoms with Crippen LogP contribution >= 0.6 is 0 Å². The average Bonchev–Trinajstić information content (AvgIpc) is 3.41. The van der Waals surface area contributed by atoms with Crippen LogP contribution in [0.25, 0.3) is 0 Å². The van der Waals surface area contributed by atoms with Crippen molar-refractivity contribution < 1.29 is 14.3 Å². The van der Waals surface area contributed by atoms with Crippen molar-refractivity contribution in [3.05, 3.63) is 64.7 Å². The van der Waals surface area contributed by atoms with E-state index >= 15 is 0 Å². The summed E-state index contributed by atoms with van der Waals surface area (Å²) in [4.78, 5) is 12.9. The molecule has 0 aromatic heterocycles. The van der Waals surface area contributed by atoms with Crippen LogP contribution in [-0.4, -0.2) is 25.7 Å². The summed E-state index contributed by atoms with van der Waals surface area (Å²) >= 11 is 0. The van der Waals surface area contributed by atoms with Crippen LogP contribution in [-0.2, 0) is 4.74 Å². The Balaban J connectivity index is 1.40. The highest BCUT2D eigenvalue weighted by Gasteiger charge is 2.52. The molecular formula is C21H22N2O3. The number of rotatable bonds is 3. The lowest BCUT2D eigenvalue weighted by Gasteiger charge is -2.30. The van der Waals surface area contributed by atoms with Crippen molar-refractivity contribution in [2.45, 2.75) is 30.5 Å². The third kappa shape index (κ3) is 2.35. The van der Waals surface area contributed by atoms with E-state index < -0.39 is 0 Å². The topological polar surface area (TPSA) is 73.6 Å². The molecular weight excluding hydrogens is 328 g/mol. The minimum atomic E-state index is -0.295. The molecule has 3 N–H and O–H groups in total. The van der Waals surface area contributed by atoms with Crippen LogP contribution in [0.2, 0.25) is 0 Å². The van der Waals surface area contributed by atoms with Gasteiger partial charge in [0, 0.05) is 18.2 Å². The molecule has 1 heterocycles. The number of nitrogens with two attached hydrogens (primary N) is 1. The fourth-order valence-corrected chi connectivity index (χ4v) is 4.48. The summed E-state index contributed by atoms with van der Waals surface area (Å²) in [5.74, 6) is 1.82. The molecule has 5 rings (SSSR count). The van der Waals surface area contributed by atoms with Crippen molar-refractivity contribution in [1.82, 2.24) is 5.32 Å². The van der Waals surface area contributed by atoms with Gasteiger partial charge in [0.15, 0.2) is 0 Å². The summed E-state index contributed by atoms with van der Waals surface area (Å²) in [6.07, 6.45) is 0.968. The lowest BCUT2D eigenvalue weighted by molar-refractivity contribution is 0.0259. The van der Waals surface area contributed by atoms with Gasteiger partial charge in [-0.1, -0.05) is 24.3 Å². The Morgan fingerprint density at radius 3 is 2.81 bits per heavy atom. The molecule has 0 spiro atoms. The first kappa shape index (κ1) is 15.9. The number of nitrogens with one attached hydrogen (secondary N) is 1. The van der Waals surface area contributed by atoms with E-state index in [9.17, 15) is 4.79 Å². The molecule has 1 saturated carbocycles. The molecule has 3 aliphatic rings. The standard InChI is InChI=1S/C21H22N2O3/c1-25-18-10-26-17-7-6-11(8-16(17)19(18)22)21(24)23-20-13-5-3-2-4-12(13)14-9-15(14)20/h2-8,14-15,18-20H,9-10,22H2,1H3,(H,23,24)/t14?,15-,18?,19?,20+/m0/s1. The molecule has 134 valence electrons. The molecule has 1 aliphatic heterocycles. The van der Waals surface area contributed by atoms with Gasteiger partial charge in [0.05, 0.1) is 12.1 Å². The Kier molecular flexibility index (Phi) is 3.55. The van der Waals surface area contributed by atoms with E-state index in [1.54, 1.807) is 13.2 Å². The quantitative estimate of drug-likeness (QED) is 0.893. The van der Waals surface area contributed by atoms with Crippen LogP contribution < -0.4 is 15.8 Å². The lowest BCUT2D eigenvalue weighted by atomic mass is 9.96. The molecule has 2 aliphatic carbocycles. The lowest BCUT2D eigenvalue weighted by Crippen LogP contribution is -2.37. The fraction of sp³-hybridized carbons (Fsp3) is 0.381. The van der Waals surface area contributed by atoms with Crippen molar-refractivity contribution in [1.29, 1.82) is 0 Å². The molecule has 5 heteroatoms. The zero-order valence-electron chi connectivity index (χ0n) is 14.6. The molecule has 2 aromatic carbocycles. The SMILES string of the molecule is COC1COc2ccc(C(=O)N[C@@H]3c4ccccc4C4C[C@@H]43)cc2C1N. The number of amides is 1. The number of fused-ring (bicyclic) bond motifs is 4. The fourth-order valence-electron chi connectivity index (χ4n) is 4.48. The Labute approximate surface area is 152 Å². The maximum atomic E-state index is 12.9. The zero-order chi connectivity index (χ0) is 17.8. The molecule has 3 unspecified atom stereocenters. The normalized spacial score (nSPS) is 30.6. The summed E-state index contributed by atoms with van der Waals surface area (Å²) < 4.78 is 11.1. The van der Waals surface area contributed by atoms with E-state index in [2.05, 4.69) is 23.5 Å². The number of carbonyl (C=O) groups excluding carboxylic acids is 1. The second-order valence-corrected chi connectivity index (χ2v) is 7.45. The molecule has 1 amide bonds. The monoisotopic (exact) mass is 350 g/mol. The van der Waals surface area contributed by atoms with Gasteiger partial charge in [0.25, 0.3) is 5.91 Å². The van der Waals surface area contributed by atoms with Gasteiger partial charge in [-0.05, 0) is 47.6 Å². The minimum Gasteiger partial charge on any atom is -0.490 e. The molecule has 5 nitrogen and oxygen atoms in total. The largest absolute Gasteiger partial charge is 0.490 e. The Morgan fingerprint density at radius 2 is 2.00 bits per heavy atom. The number of hydrogen-bond donors (Lipinski definition) is 2. The number of ether oxygens (including phenoxy) is 2. The van der Waals surface area contributed by atoms with E-state index in [-0.39, 0.29) is 24.1 Å². The van der Waals surface area contributed by atoms with E-state index in [0.717, 1.165) is 11.3 Å².